The van der Waals surface area contributed by atoms with E-state index in [9.17, 15) is 5.11 Å². The van der Waals surface area contributed by atoms with Gasteiger partial charge in [0.2, 0.25) is 0 Å². The number of benzene rings is 2. The Hall–Kier alpha value is -2.16. The third kappa shape index (κ3) is 5.42. The monoisotopic (exact) mass is 351 g/mol. The van der Waals surface area contributed by atoms with Crippen LogP contribution in [0.3, 0.4) is 0 Å². The van der Waals surface area contributed by atoms with Gasteiger partial charge in [-0.05, 0) is 66.1 Å². The van der Waals surface area contributed by atoms with E-state index >= 15 is 0 Å². The summed E-state index contributed by atoms with van der Waals surface area (Å²) in [5, 5.41) is 10.9. The van der Waals surface area contributed by atoms with E-state index in [4.69, 9.17) is 11.6 Å². The summed E-state index contributed by atoms with van der Waals surface area (Å²) in [5.41, 5.74) is 4.69. The zero-order valence-electron chi connectivity index (χ0n) is 14.1. The zero-order valence-corrected chi connectivity index (χ0v) is 14.9. The van der Waals surface area contributed by atoms with Gasteiger partial charge in [0.25, 0.3) is 0 Å². The molecule has 3 aromatic rings. The van der Waals surface area contributed by atoms with E-state index in [-0.39, 0.29) is 6.10 Å². The van der Waals surface area contributed by atoms with Crippen molar-refractivity contribution in [3.63, 3.8) is 0 Å². The lowest BCUT2D eigenvalue weighted by atomic mass is 9.99. The Morgan fingerprint density at radius 1 is 0.840 bits per heavy atom. The lowest BCUT2D eigenvalue weighted by Gasteiger charge is -2.11. The average Bonchev–Trinajstić information content (AvgIpc) is 2.66. The van der Waals surface area contributed by atoms with E-state index in [0.717, 1.165) is 41.8 Å². The van der Waals surface area contributed by atoms with E-state index in [1.807, 2.05) is 36.5 Å². The minimum atomic E-state index is -0.284. The first kappa shape index (κ1) is 17.7. The van der Waals surface area contributed by atoms with Crippen molar-refractivity contribution in [3.05, 3.63) is 89.2 Å². The van der Waals surface area contributed by atoms with Crippen molar-refractivity contribution in [1.29, 1.82) is 0 Å². The van der Waals surface area contributed by atoms with Crippen molar-refractivity contribution in [2.75, 3.05) is 0 Å². The van der Waals surface area contributed by atoms with Crippen molar-refractivity contribution in [2.24, 2.45) is 0 Å². The lowest BCUT2D eigenvalue weighted by Crippen LogP contribution is -2.09. The van der Waals surface area contributed by atoms with Gasteiger partial charge in [-0.25, -0.2) is 0 Å². The Morgan fingerprint density at radius 2 is 1.60 bits per heavy atom. The van der Waals surface area contributed by atoms with Crippen LogP contribution in [0, 0.1) is 0 Å². The molecule has 0 bridgehead atoms. The van der Waals surface area contributed by atoms with E-state index in [1.165, 1.54) is 11.1 Å². The molecule has 2 nitrogen and oxygen atoms in total. The zero-order chi connectivity index (χ0) is 17.5. The Morgan fingerprint density at radius 3 is 2.28 bits per heavy atom. The van der Waals surface area contributed by atoms with E-state index in [1.54, 1.807) is 6.20 Å². The highest BCUT2D eigenvalue weighted by Gasteiger charge is 2.06. The molecule has 1 aromatic heterocycles. The van der Waals surface area contributed by atoms with Crippen molar-refractivity contribution in [1.82, 2.24) is 4.98 Å². The minimum absolute atomic E-state index is 0.284. The Labute approximate surface area is 154 Å². The molecule has 1 atom stereocenters. The molecule has 3 rings (SSSR count). The second-order valence-corrected chi connectivity index (χ2v) is 6.74. The minimum Gasteiger partial charge on any atom is -0.393 e. The summed E-state index contributed by atoms with van der Waals surface area (Å²) in [7, 11) is 0. The number of pyridine rings is 1. The van der Waals surface area contributed by atoms with Crippen molar-refractivity contribution in [3.8, 4) is 11.1 Å². The van der Waals surface area contributed by atoms with Gasteiger partial charge in [0.05, 0.1) is 6.10 Å². The van der Waals surface area contributed by atoms with Gasteiger partial charge in [-0.3, -0.25) is 4.98 Å². The van der Waals surface area contributed by atoms with Gasteiger partial charge in [-0.15, -0.1) is 0 Å². The third-order valence-electron chi connectivity index (χ3n) is 4.37. The van der Waals surface area contributed by atoms with Gasteiger partial charge in [0.15, 0.2) is 0 Å². The summed E-state index contributed by atoms with van der Waals surface area (Å²) in [6.45, 7) is 0. The van der Waals surface area contributed by atoms with E-state index in [2.05, 4.69) is 35.3 Å². The maximum atomic E-state index is 10.2. The van der Waals surface area contributed by atoms with Crippen LogP contribution < -0.4 is 0 Å². The van der Waals surface area contributed by atoms with Crippen molar-refractivity contribution in [2.45, 2.75) is 31.8 Å². The number of aliphatic hydroxyl groups is 1. The molecule has 0 spiro atoms. The van der Waals surface area contributed by atoms with Gasteiger partial charge in [-0.2, -0.15) is 0 Å². The predicted molar refractivity (Wildman–Crippen MR) is 104 cm³/mol. The van der Waals surface area contributed by atoms with Crippen molar-refractivity contribution < 1.29 is 5.11 Å². The van der Waals surface area contributed by atoms with Gasteiger partial charge in [0, 0.05) is 17.4 Å². The molecule has 1 heterocycles. The number of hydrogen-bond acceptors (Lipinski definition) is 2. The van der Waals surface area contributed by atoms with E-state index < -0.39 is 0 Å². The van der Waals surface area contributed by atoms with Gasteiger partial charge >= 0.3 is 0 Å². The molecule has 0 radical (unpaired) electrons. The number of aliphatic hydroxyl groups excluding tert-OH is 1. The molecule has 0 aliphatic rings. The number of hydrogen-bond donors (Lipinski definition) is 1. The quantitative estimate of drug-likeness (QED) is 0.624. The first-order chi connectivity index (χ1) is 12.2. The molecule has 3 heteroatoms. The summed E-state index contributed by atoms with van der Waals surface area (Å²) in [6.07, 6.45) is 6.64. The maximum Gasteiger partial charge on any atom is 0.0546 e. The number of nitrogens with zero attached hydrogens (tertiary/aromatic N) is 1. The molecule has 0 saturated carbocycles. The summed E-state index contributed by atoms with van der Waals surface area (Å²) >= 11 is 6.05. The fourth-order valence-electron chi connectivity index (χ4n) is 2.89. The molecule has 0 saturated heterocycles. The Kier molecular flexibility index (Phi) is 6.21. The normalized spacial score (nSPS) is 12.1. The van der Waals surface area contributed by atoms with Crippen LogP contribution in [0.15, 0.2) is 73.1 Å². The lowest BCUT2D eigenvalue weighted by molar-refractivity contribution is 0.155. The van der Waals surface area contributed by atoms with Gasteiger partial charge in [0.1, 0.15) is 0 Å². The first-order valence-electron chi connectivity index (χ1n) is 8.62. The molecule has 0 aliphatic heterocycles. The Balaban J connectivity index is 1.50. The fourth-order valence-corrected chi connectivity index (χ4v) is 3.08. The predicted octanol–water partition coefficient (Wildman–Crippen LogP) is 5.33. The molecule has 2 aromatic carbocycles. The van der Waals surface area contributed by atoms with Crippen LogP contribution in [0.4, 0.5) is 0 Å². The Bertz CT molecular complexity index is 787. The summed E-state index contributed by atoms with van der Waals surface area (Å²) in [5.74, 6) is 0. The first-order valence-corrected chi connectivity index (χ1v) is 9.00. The fraction of sp³-hybridized carbons (Fsp3) is 0.227. The van der Waals surface area contributed by atoms with E-state index in [0.29, 0.717) is 0 Å². The molecule has 0 fully saturated rings. The van der Waals surface area contributed by atoms with Crippen LogP contribution in [-0.2, 0) is 12.8 Å². The number of halogens is 1. The number of aromatic nitrogens is 1. The topological polar surface area (TPSA) is 33.1 Å². The molecular weight excluding hydrogens is 330 g/mol. The van der Waals surface area contributed by atoms with Gasteiger partial charge < -0.3 is 5.11 Å². The highest BCUT2D eigenvalue weighted by molar-refractivity contribution is 6.30. The standard InChI is InChI=1S/C22H22ClNO/c23-21-5-1-4-20(15-21)19-10-6-17(7-11-19)8-12-22(25)13-9-18-3-2-14-24-16-18/h1-7,10-11,14-16,22,25H,8-9,12-13H2/t22-/m1/s1. The second kappa shape index (κ2) is 8.80. The van der Waals surface area contributed by atoms with Crippen molar-refractivity contribution >= 4 is 11.6 Å². The summed E-state index contributed by atoms with van der Waals surface area (Å²) in [6, 6.07) is 20.3. The summed E-state index contributed by atoms with van der Waals surface area (Å²) < 4.78 is 0. The van der Waals surface area contributed by atoms with Crippen LogP contribution in [0.1, 0.15) is 24.0 Å². The largest absolute Gasteiger partial charge is 0.393 e. The van der Waals surface area contributed by atoms with Crippen LogP contribution in [0.25, 0.3) is 11.1 Å². The van der Waals surface area contributed by atoms with Crippen LogP contribution in [-0.4, -0.2) is 16.2 Å². The molecule has 1 N–H and O–H groups in total. The highest BCUT2D eigenvalue weighted by atomic mass is 35.5. The SMILES string of the molecule is O[C@H](CCc1ccc(-c2cccc(Cl)c2)cc1)CCc1cccnc1. The number of rotatable bonds is 7. The molecular formula is C22H22ClNO. The number of aryl methyl sites for hydroxylation is 2. The second-order valence-electron chi connectivity index (χ2n) is 6.30. The average molecular weight is 352 g/mol. The van der Waals surface area contributed by atoms with Crippen LogP contribution in [0.2, 0.25) is 5.02 Å². The van der Waals surface area contributed by atoms with Crippen LogP contribution >= 0.6 is 11.6 Å². The third-order valence-corrected chi connectivity index (χ3v) is 4.60. The maximum absolute atomic E-state index is 10.2. The van der Waals surface area contributed by atoms with Gasteiger partial charge in [-0.1, -0.05) is 54.1 Å². The smallest absolute Gasteiger partial charge is 0.0546 e. The highest BCUT2D eigenvalue weighted by Crippen LogP contribution is 2.23. The summed E-state index contributed by atoms with van der Waals surface area (Å²) in [4.78, 5) is 4.10. The molecule has 25 heavy (non-hydrogen) atoms. The van der Waals surface area contributed by atoms with Crippen LogP contribution in [0.5, 0.6) is 0 Å². The molecule has 128 valence electrons. The molecule has 0 amide bonds. The molecule has 0 unspecified atom stereocenters. The molecule has 0 aliphatic carbocycles.